The normalized spacial score (nSPS) is 36.4. The van der Waals surface area contributed by atoms with Crippen LogP contribution in [0.2, 0.25) is 5.02 Å². The zero-order valence-electron chi connectivity index (χ0n) is 10.8. The van der Waals surface area contributed by atoms with Crippen LogP contribution in [0.1, 0.15) is 19.4 Å². The summed E-state index contributed by atoms with van der Waals surface area (Å²) in [4.78, 5) is 0. The third-order valence-electron chi connectivity index (χ3n) is 4.36. The van der Waals surface area contributed by atoms with E-state index in [1.807, 2.05) is 32.1 Å². The minimum absolute atomic E-state index is 0.0696. The third kappa shape index (κ3) is 1.58. The van der Waals surface area contributed by atoms with Crippen LogP contribution in [0, 0.1) is 11.2 Å². The highest BCUT2D eigenvalue weighted by Crippen LogP contribution is 2.59. The number of allylic oxidation sites excluding steroid dienone is 1. The summed E-state index contributed by atoms with van der Waals surface area (Å²) in [6, 6.07) is 4.67. The van der Waals surface area contributed by atoms with Crippen molar-refractivity contribution < 1.29 is 9.13 Å². The Morgan fingerprint density at radius 2 is 2.11 bits per heavy atom. The molecule has 0 saturated carbocycles. The van der Waals surface area contributed by atoms with Gasteiger partial charge in [0.25, 0.3) is 0 Å². The molecule has 0 spiro atoms. The Labute approximate surface area is 116 Å². The van der Waals surface area contributed by atoms with Crippen LogP contribution in [0.25, 0.3) is 0 Å². The minimum Gasteiger partial charge on any atom is -0.399 e. The zero-order valence-corrected chi connectivity index (χ0v) is 11.5. The lowest BCUT2D eigenvalue weighted by Gasteiger charge is -2.60. The molecule has 1 heterocycles. The predicted molar refractivity (Wildman–Crippen MR) is 73.2 cm³/mol. The zero-order chi connectivity index (χ0) is 13.8. The van der Waals surface area contributed by atoms with Gasteiger partial charge in [-0.05, 0) is 31.2 Å². The summed E-state index contributed by atoms with van der Waals surface area (Å²) in [6.45, 7) is 3.92. The van der Waals surface area contributed by atoms with Crippen LogP contribution in [0.3, 0.4) is 0 Å². The molecule has 2 aliphatic rings. The predicted octanol–water partition coefficient (Wildman–Crippen LogP) is 3.51. The maximum absolute atomic E-state index is 14.2. The van der Waals surface area contributed by atoms with Crippen LogP contribution in [-0.4, -0.2) is 6.10 Å². The van der Waals surface area contributed by atoms with Crippen molar-refractivity contribution in [3.8, 4) is 0 Å². The molecule has 100 valence electrons. The van der Waals surface area contributed by atoms with Gasteiger partial charge in [0.15, 0.2) is 0 Å². The first-order valence-electron chi connectivity index (χ1n) is 6.17. The number of ether oxygens (including phenoxy) is 1. The maximum Gasteiger partial charge on any atom is 0.130 e. The van der Waals surface area contributed by atoms with Crippen molar-refractivity contribution in [2.75, 3.05) is 0 Å². The Bertz CT molecular complexity index is 612. The summed E-state index contributed by atoms with van der Waals surface area (Å²) in [5.41, 5.74) is 5.98. The molecule has 19 heavy (non-hydrogen) atoms. The second kappa shape index (κ2) is 3.84. The standard InChI is InChI=1S/C15H15ClFNO/c1-14-8-10(18)4-6-13(14)19-15(14,2)11-5-3-9(16)7-12(11)17/h3-8,13H,18H2,1-2H3. The molecule has 4 heteroatoms. The minimum atomic E-state index is -0.734. The lowest BCUT2D eigenvalue weighted by Crippen LogP contribution is -2.63. The van der Waals surface area contributed by atoms with E-state index in [2.05, 4.69) is 0 Å². The van der Waals surface area contributed by atoms with E-state index in [1.54, 1.807) is 12.1 Å². The summed E-state index contributed by atoms with van der Waals surface area (Å²) in [5, 5.41) is 0.379. The van der Waals surface area contributed by atoms with E-state index in [-0.39, 0.29) is 17.3 Å². The van der Waals surface area contributed by atoms with Gasteiger partial charge in [-0.1, -0.05) is 30.7 Å². The van der Waals surface area contributed by atoms with Gasteiger partial charge < -0.3 is 10.5 Å². The highest BCUT2D eigenvalue weighted by Gasteiger charge is 2.62. The lowest BCUT2D eigenvalue weighted by molar-refractivity contribution is -0.276. The van der Waals surface area contributed by atoms with Crippen LogP contribution < -0.4 is 5.73 Å². The Morgan fingerprint density at radius 1 is 1.37 bits per heavy atom. The fourth-order valence-electron chi connectivity index (χ4n) is 3.00. The summed E-state index contributed by atoms with van der Waals surface area (Å²) >= 11 is 5.80. The van der Waals surface area contributed by atoms with Crippen LogP contribution in [0.5, 0.6) is 0 Å². The number of nitrogens with two attached hydrogens (primary N) is 1. The molecule has 1 aliphatic heterocycles. The molecule has 3 unspecified atom stereocenters. The molecule has 0 amide bonds. The van der Waals surface area contributed by atoms with Gasteiger partial charge in [0.2, 0.25) is 0 Å². The third-order valence-corrected chi connectivity index (χ3v) is 4.59. The quantitative estimate of drug-likeness (QED) is 0.854. The van der Waals surface area contributed by atoms with Crippen molar-refractivity contribution in [2.24, 2.45) is 11.1 Å². The summed E-state index contributed by atoms with van der Waals surface area (Å²) in [7, 11) is 0. The van der Waals surface area contributed by atoms with Crippen molar-refractivity contribution >= 4 is 11.6 Å². The molecule has 3 atom stereocenters. The SMILES string of the molecule is CC1(c2ccc(Cl)cc2F)OC2C=CC(N)=CC21C. The summed E-state index contributed by atoms with van der Waals surface area (Å²) < 4.78 is 20.1. The van der Waals surface area contributed by atoms with Crippen molar-refractivity contribution in [2.45, 2.75) is 25.6 Å². The van der Waals surface area contributed by atoms with Gasteiger partial charge in [-0.3, -0.25) is 0 Å². The van der Waals surface area contributed by atoms with Crippen molar-refractivity contribution in [3.63, 3.8) is 0 Å². The summed E-state index contributed by atoms with van der Waals surface area (Å²) in [6.07, 6.45) is 5.63. The van der Waals surface area contributed by atoms with E-state index in [9.17, 15) is 4.39 Å². The molecular weight excluding hydrogens is 265 g/mol. The molecule has 1 aromatic carbocycles. The molecule has 2 N–H and O–H groups in total. The van der Waals surface area contributed by atoms with Gasteiger partial charge >= 0.3 is 0 Å². The van der Waals surface area contributed by atoms with Crippen LogP contribution in [-0.2, 0) is 10.3 Å². The van der Waals surface area contributed by atoms with E-state index in [4.69, 9.17) is 22.1 Å². The largest absolute Gasteiger partial charge is 0.399 e. The fourth-order valence-corrected chi connectivity index (χ4v) is 3.16. The van der Waals surface area contributed by atoms with E-state index < -0.39 is 5.60 Å². The second-order valence-corrected chi connectivity index (χ2v) is 5.92. The van der Waals surface area contributed by atoms with E-state index in [0.717, 1.165) is 0 Å². The van der Waals surface area contributed by atoms with Gasteiger partial charge in [0.1, 0.15) is 11.4 Å². The number of fused-ring (bicyclic) bond motifs is 1. The first kappa shape index (κ1) is 12.7. The number of hydrogen-bond donors (Lipinski definition) is 1. The maximum atomic E-state index is 14.2. The first-order valence-corrected chi connectivity index (χ1v) is 6.54. The van der Waals surface area contributed by atoms with Crippen molar-refractivity contribution in [1.82, 2.24) is 0 Å². The smallest absolute Gasteiger partial charge is 0.130 e. The Kier molecular flexibility index (Phi) is 2.57. The van der Waals surface area contributed by atoms with Crippen LogP contribution in [0.15, 0.2) is 42.1 Å². The second-order valence-electron chi connectivity index (χ2n) is 5.48. The number of benzene rings is 1. The number of halogens is 2. The number of hydrogen-bond acceptors (Lipinski definition) is 2. The number of rotatable bonds is 1. The van der Waals surface area contributed by atoms with Gasteiger partial charge in [0.05, 0.1) is 11.5 Å². The molecule has 1 aromatic rings. The highest BCUT2D eigenvalue weighted by molar-refractivity contribution is 6.30. The van der Waals surface area contributed by atoms with Gasteiger partial charge in [-0.15, -0.1) is 0 Å². The monoisotopic (exact) mass is 279 g/mol. The van der Waals surface area contributed by atoms with Crippen LogP contribution in [0.4, 0.5) is 4.39 Å². The molecule has 0 aromatic heterocycles. The average Bonchev–Trinajstić information content (AvgIpc) is 2.32. The van der Waals surface area contributed by atoms with Gasteiger partial charge in [0, 0.05) is 16.3 Å². The van der Waals surface area contributed by atoms with Crippen LogP contribution >= 0.6 is 11.6 Å². The Morgan fingerprint density at radius 3 is 2.79 bits per heavy atom. The van der Waals surface area contributed by atoms with Crippen molar-refractivity contribution in [1.29, 1.82) is 0 Å². The molecule has 2 nitrogen and oxygen atoms in total. The summed E-state index contributed by atoms with van der Waals surface area (Å²) in [5.74, 6) is -0.351. The molecule has 1 fully saturated rings. The van der Waals surface area contributed by atoms with E-state index in [1.165, 1.54) is 6.07 Å². The van der Waals surface area contributed by atoms with Gasteiger partial charge in [-0.25, -0.2) is 4.39 Å². The topological polar surface area (TPSA) is 35.2 Å². The molecule has 1 aliphatic carbocycles. The van der Waals surface area contributed by atoms with Gasteiger partial charge in [-0.2, -0.15) is 0 Å². The molecular formula is C15H15ClFNO. The highest BCUT2D eigenvalue weighted by atomic mass is 35.5. The molecule has 1 saturated heterocycles. The fraction of sp³-hybridized carbons (Fsp3) is 0.333. The Hall–Kier alpha value is -1.32. The molecule has 3 rings (SSSR count). The molecule has 0 bridgehead atoms. The van der Waals surface area contributed by atoms with Crippen molar-refractivity contribution in [3.05, 3.63) is 58.5 Å². The lowest BCUT2D eigenvalue weighted by atomic mass is 9.60. The average molecular weight is 280 g/mol. The Balaban J connectivity index is 2.08. The van der Waals surface area contributed by atoms with E-state index in [0.29, 0.717) is 16.3 Å². The first-order chi connectivity index (χ1) is 8.87. The van der Waals surface area contributed by atoms with E-state index >= 15 is 0 Å². The molecule has 0 radical (unpaired) electrons.